The van der Waals surface area contributed by atoms with Gasteiger partial charge in [0.05, 0.1) is 10.9 Å². The van der Waals surface area contributed by atoms with E-state index in [1.165, 1.54) is 31.0 Å². The van der Waals surface area contributed by atoms with Crippen molar-refractivity contribution in [3.8, 4) is 5.69 Å². The van der Waals surface area contributed by atoms with Crippen molar-refractivity contribution in [1.82, 2.24) is 20.1 Å². The Morgan fingerprint density at radius 3 is 2.74 bits per heavy atom. The highest BCUT2D eigenvalue weighted by Crippen LogP contribution is 2.22. The standard InChI is InChI=1S/C17H22N4OS/c1-13(16(22)19-14-8-4-2-5-9-14)23-17-18-12-21(20-17)15-10-6-3-7-11-15/h3,6-7,10-14H,2,4-5,8-9H2,1H3,(H,19,22). The van der Waals surface area contributed by atoms with Crippen LogP contribution >= 0.6 is 11.8 Å². The number of benzene rings is 1. The molecule has 1 aromatic heterocycles. The SMILES string of the molecule is CC(Sc1ncn(-c2ccccc2)n1)C(=O)NC1CCCCC1. The molecule has 2 aromatic rings. The monoisotopic (exact) mass is 330 g/mol. The summed E-state index contributed by atoms with van der Waals surface area (Å²) >= 11 is 1.40. The second kappa shape index (κ2) is 7.64. The molecule has 1 aliphatic carbocycles. The highest BCUT2D eigenvalue weighted by atomic mass is 32.2. The summed E-state index contributed by atoms with van der Waals surface area (Å²) in [6.07, 6.45) is 7.61. The van der Waals surface area contributed by atoms with Gasteiger partial charge in [-0.15, -0.1) is 5.10 Å². The number of para-hydroxylation sites is 1. The Hall–Kier alpha value is -1.82. The largest absolute Gasteiger partial charge is 0.352 e. The minimum absolute atomic E-state index is 0.0814. The Morgan fingerprint density at radius 2 is 2.00 bits per heavy atom. The molecule has 1 unspecified atom stereocenters. The molecule has 1 saturated carbocycles. The Morgan fingerprint density at radius 1 is 1.26 bits per heavy atom. The average Bonchev–Trinajstić information content (AvgIpc) is 3.05. The number of nitrogens with one attached hydrogen (secondary N) is 1. The predicted molar refractivity (Wildman–Crippen MR) is 91.7 cm³/mol. The molecule has 1 aliphatic rings. The topological polar surface area (TPSA) is 59.8 Å². The van der Waals surface area contributed by atoms with Crippen LogP contribution in [0.5, 0.6) is 0 Å². The summed E-state index contributed by atoms with van der Waals surface area (Å²) < 4.78 is 1.73. The van der Waals surface area contributed by atoms with Gasteiger partial charge < -0.3 is 5.32 Å². The van der Waals surface area contributed by atoms with E-state index < -0.39 is 0 Å². The van der Waals surface area contributed by atoms with E-state index in [1.807, 2.05) is 37.3 Å². The number of nitrogens with zero attached hydrogens (tertiary/aromatic N) is 3. The molecule has 1 atom stereocenters. The summed E-state index contributed by atoms with van der Waals surface area (Å²) in [5, 5.41) is 8.03. The lowest BCUT2D eigenvalue weighted by atomic mass is 9.95. The number of hydrogen-bond donors (Lipinski definition) is 1. The van der Waals surface area contributed by atoms with Crippen LogP contribution in [0.25, 0.3) is 5.69 Å². The van der Waals surface area contributed by atoms with E-state index in [4.69, 9.17) is 0 Å². The van der Waals surface area contributed by atoms with Gasteiger partial charge in [0.1, 0.15) is 6.33 Å². The van der Waals surface area contributed by atoms with Crippen LogP contribution in [0.2, 0.25) is 0 Å². The number of amides is 1. The summed E-state index contributed by atoms with van der Waals surface area (Å²) in [5.41, 5.74) is 0.964. The van der Waals surface area contributed by atoms with Crippen molar-refractivity contribution in [1.29, 1.82) is 0 Å². The predicted octanol–water partition coefficient (Wildman–Crippen LogP) is 3.20. The molecule has 1 amide bonds. The molecule has 0 aliphatic heterocycles. The Labute approximate surface area is 140 Å². The van der Waals surface area contributed by atoms with Crippen LogP contribution in [0.3, 0.4) is 0 Å². The number of aromatic nitrogens is 3. The maximum atomic E-state index is 12.3. The molecule has 122 valence electrons. The van der Waals surface area contributed by atoms with Gasteiger partial charge in [-0.05, 0) is 31.9 Å². The second-order valence-corrected chi connectivity index (χ2v) is 7.22. The minimum atomic E-state index is -0.191. The zero-order chi connectivity index (χ0) is 16.1. The molecule has 1 N–H and O–H groups in total. The van der Waals surface area contributed by atoms with E-state index in [-0.39, 0.29) is 11.2 Å². The van der Waals surface area contributed by atoms with Gasteiger partial charge in [-0.2, -0.15) is 0 Å². The molecule has 5 nitrogen and oxygen atoms in total. The Balaban J connectivity index is 1.56. The van der Waals surface area contributed by atoms with Crippen LogP contribution in [0.4, 0.5) is 0 Å². The summed E-state index contributed by atoms with van der Waals surface area (Å²) in [6.45, 7) is 1.91. The highest BCUT2D eigenvalue weighted by molar-refractivity contribution is 8.00. The summed E-state index contributed by atoms with van der Waals surface area (Å²) in [5.74, 6) is 0.0814. The normalized spacial score (nSPS) is 16.9. The third kappa shape index (κ3) is 4.34. The van der Waals surface area contributed by atoms with E-state index in [0.29, 0.717) is 11.2 Å². The van der Waals surface area contributed by atoms with Crippen molar-refractivity contribution in [2.45, 2.75) is 55.5 Å². The first-order chi connectivity index (χ1) is 11.2. The molecule has 23 heavy (non-hydrogen) atoms. The van der Waals surface area contributed by atoms with E-state index in [9.17, 15) is 4.79 Å². The zero-order valence-corrected chi connectivity index (χ0v) is 14.1. The van der Waals surface area contributed by atoms with Gasteiger partial charge >= 0.3 is 0 Å². The van der Waals surface area contributed by atoms with Crippen LogP contribution < -0.4 is 5.32 Å². The van der Waals surface area contributed by atoms with E-state index >= 15 is 0 Å². The van der Waals surface area contributed by atoms with Crippen LogP contribution in [0.1, 0.15) is 39.0 Å². The number of carbonyl (C=O) groups is 1. The summed E-state index contributed by atoms with van der Waals surface area (Å²) in [7, 11) is 0. The lowest BCUT2D eigenvalue weighted by Gasteiger charge is -2.24. The van der Waals surface area contributed by atoms with Gasteiger partial charge in [0.25, 0.3) is 0 Å². The third-order valence-corrected chi connectivity index (χ3v) is 5.06. The highest BCUT2D eigenvalue weighted by Gasteiger charge is 2.21. The summed E-state index contributed by atoms with van der Waals surface area (Å²) in [6, 6.07) is 10.2. The van der Waals surface area contributed by atoms with Crippen LogP contribution in [-0.2, 0) is 4.79 Å². The first kappa shape index (κ1) is 16.1. The fourth-order valence-electron chi connectivity index (χ4n) is 2.78. The van der Waals surface area contributed by atoms with Crippen molar-refractivity contribution in [3.05, 3.63) is 36.7 Å². The van der Waals surface area contributed by atoms with Gasteiger partial charge in [0, 0.05) is 6.04 Å². The minimum Gasteiger partial charge on any atom is -0.352 e. The number of rotatable bonds is 5. The lowest BCUT2D eigenvalue weighted by molar-refractivity contribution is -0.121. The zero-order valence-electron chi connectivity index (χ0n) is 13.3. The van der Waals surface area contributed by atoms with Gasteiger partial charge in [0.2, 0.25) is 11.1 Å². The molecule has 3 rings (SSSR count). The van der Waals surface area contributed by atoms with Crippen LogP contribution in [-0.4, -0.2) is 32.0 Å². The number of hydrogen-bond acceptors (Lipinski definition) is 4. The first-order valence-corrected chi connectivity index (χ1v) is 9.04. The van der Waals surface area contributed by atoms with Crippen molar-refractivity contribution in [2.75, 3.05) is 0 Å². The lowest BCUT2D eigenvalue weighted by Crippen LogP contribution is -2.40. The van der Waals surface area contributed by atoms with Crippen molar-refractivity contribution >= 4 is 17.7 Å². The fourth-order valence-corrected chi connectivity index (χ4v) is 3.52. The second-order valence-electron chi connectivity index (χ2n) is 5.91. The molecule has 0 saturated heterocycles. The Bertz CT molecular complexity index is 637. The van der Waals surface area contributed by atoms with Gasteiger partial charge in [0.15, 0.2) is 0 Å². The van der Waals surface area contributed by atoms with E-state index in [2.05, 4.69) is 15.4 Å². The van der Waals surface area contributed by atoms with E-state index in [0.717, 1.165) is 18.5 Å². The smallest absolute Gasteiger partial charge is 0.233 e. The van der Waals surface area contributed by atoms with Gasteiger partial charge in [-0.25, -0.2) is 9.67 Å². The molecule has 6 heteroatoms. The molecule has 0 spiro atoms. The maximum absolute atomic E-state index is 12.3. The van der Waals surface area contributed by atoms with Crippen molar-refractivity contribution < 1.29 is 4.79 Å². The van der Waals surface area contributed by atoms with Gasteiger partial charge in [-0.3, -0.25) is 4.79 Å². The van der Waals surface area contributed by atoms with Crippen molar-refractivity contribution in [3.63, 3.8) is 0 Å². The van der Waals surface area contributed by atoms with Gasteiger partial charge in [-0.1, -0.05) is 49.2 Å². The maximum Gasteiger partial charge on any atom is 0.233 e. The molecule has 1 heterocycles. The Kier molecular flexibility index (Phi) is 5.33. The summed E-state index contributed by atoms with van der Waals surface area (Å²) in [4.78, 5) is 16.6. The fraction of sp³-hybridized carbons (Fsp3) is 0.471. The average molecular weight is 330 g/mol. The van der Waals surface area contributed by atoms with E-state index in [1.54, 1.807) is 11.0 Å². The number of carbonyl (C=O) groups excluding carboxylic acids is 1. The van der Waals surface area contributed by atoms with Crippen LogP contribution in [0.15, 0.2) is 41.8 Å². The molecular formula is C17H22N4OS. The molecular weight excluding hydrogens is 308 g/mol. The quantitative estimate of drug-likeness (QED) is 0.855. The molecule has 0 radical (unpaired) electrons. The molecule has 0 bridgehead atoms. The third-order valence-electron chi connectivity index (χ3n) is 4.09. The number of thioether (sulfide) groups is 1. The molecule has 1 fully saturated rings. The van der Waals surface area contributed by atoms with Crippen LogP contribution in [0, 0.1) is 0 Å². The first-order valence-electron chi connectivity index (χ1n) is 8.16. The molecule has 1 aromatic carbocycles. The van der Waals surface area contributed by atoms with Crippen molar-refractivity contribution in [2.24, 2.45) is 0 Å².